The predicted octanol–water partition coefficient (Wildman–Crippen LogP) is 0.331. The van der Waals surface area contributed by atoms with Crippen LogP contribution in [0.25, 0.3) is 0 Å². The number of aryl methyl sites for hydroxylation is 1. The van der Waals surface area contributed by atoms with E-state index in [-0.39, 0.29) is 36.0 Å². The molecule has 2 fully saturated rings. The van der Waals surface area contributed by atoms with Gasteiger partial charge in [0.25, 0.3) is 0 Å². The molecular formula is C22H26N4O6. The number of amides is 1. The summed E-state index contributed by atoms with van der Waals surface area (Å²) in [5, 5.41) is 23.9. The van der Waals surface area contributed by atoms with Gasteiger partial charge < -0.3 is 36.2 Å². The van der Waals surface area contributed by atoms with Crippen molar-refractivity contribution in [3.05, 3.63) is 52.4 Å². The lowest BCUT2D eigenvalue weighted by atomic mass is 9.82. The number of nitrogens with zero attached hydrogens (tertiary/aromatic N) is 1. The third-order valence-electron chi connectivity index (χ3n) is 6.54. The minimum absolute atomic E-state index is 0.00895. The minimum atomic E-state index is -1.33. The fraction of sp³-hybridized carbons (Fsp3) is 0.409. The molecule has 4 atom stereocenters. The maximum absolute atomic E-state index is 13.5. The first kappa shape index (κ1) is 22.0. The second kappa shape index (κ2) is 7.73. The molecule has 3 heterocycles. The summed E-state index contributed by atoms with van der Waals surface area (Å²) in [5.74, 6) is -0.991. The highest BCUT2D eigenvalue weighted by atomic mass is 16.5. The standard InChI is InChI=1S/C21H23N3O4.CH3NO2/c1-10-4-6-12(7-5-10)22-16-11(2)18(26)17-15(19(16)27)13(9-25)21(28-3)20-14(23-20)8-24(17)21;2-1(3)4/h4-7,13-14,20,22-23,25H,8-9H2,1-3H3;2H2,(H,3,4). The number of ether oxygens (including phenoxy) is 1. The van der Waals surface area contributed by atoms with Crippen LogP contribution in [0, 0.1) is 12.8 Å². The molecule has 0 aromatic heterocycles. The number of benzene rings is 1. The number of carbonyl (C=O) groups excluding carboxylic acids is 2. The number of methoxy groups -OCH3 is 1. The summed E-state index contributed by atoms with van der Waals surface area (Å²) in [4.78, 5) is 37.4. The topological polar surface area (TPSA) is 164 Å². The van der Waals surface area contributed by atoms with Gasteiger partial charge in [-0.25, -0.2) is 4.79 Å². The third kappa shape index (κ3) is 3.10. The quantitative estimate of drug-likeness (QED) is 0.326. The molecule has 0 spiro atoms. The van der Waals surface area contributed by atoms with Crippen LogP contribution in [0.5, 0.6) is 0 Å². The van der Waals surface area contributed by atoms with E-state index in [1.807, 2.05) is 36.1 Å². The fourth-order valence-electron chi connectivity index (χ4n) is 5.08. The van der Waals surface area contributed by atoms with Gasteiger partial charge in [-0.1, -0.05) is 17.7 Å². The third-order valence-corrected chi connectivity index (χ3v) is 6.54. The molecular weight excluding hydrogens is 416 g/mol. The van der Waals surface area contributed by atoms with Crippen LogP contribution in [0.3, 0.4) is 0 Å². The molecule has 10 nitrogen and oxygen atoms in total. The molecule has 32 heavy (non-hydrogen) atoms. The zero-order valence-electron chi connectivity index (χ0n) is 18.0. The van der Waals surface area contributed by atoms with Crippen LogP contribution in [-0.4, -0.2) is 70.8 Å². The Labute approximate surface area is 184 Å². The van der Waals surface area contributed by atoms with Crippen LogP contribution in [0.2, 0.25) is 0 Å². The van der Waals surface area contributed by atoms with E-state index in [1.54, 1.807) is 14.0 Å². The Balaban J connectivity index is 0.000000567. The van der Waals surface area contributed by atoms with Crippen LogP contribution in [0.4, 0.5) is 10.5 Å². The Morgan fingerprint density at radius 3 is 2.47 bits per heavy atom. The number of piperazine rings is 1. The van der Waals surface area contributed by atoms with Crippen molar-refractivity contribution in [3.63, 3.8) is 0 Å². The number of Topliss-reactive ketones (excluding diaryl/α,β-unsaturated/α-hetero) is 2. The number of anilines is 1. The number of allylic oxidation sites excluding steroid dienone is 2. The van der Waals surface area contributed by atoms with Gasteiger partial charge in [0.2, 0.25) is 11.6 Å². The summed E-state index contributed by atoms with van der Waals surface area (Å²) in [7, 11) is 1.58. The Morgan fingerprint density at radius 2 is 1.91 bits per heavy atom. The first-order chi connectivity index (χ1) is 15.2. The van der Waals surface area contributed by atoms with E-state index in [0.29, 0.717) is 23.4 Å². The number of carboxylic acid groups (broad SMARTS) is 1. The van der Waals surface area contributed by atoms with Crippen molar-refractivity contribution in [2.45, 2.75) is 31.7 Å². The van der Waals surface area contributed by atoms with Gasteiger partial charge in [0.1, 0.15) is 0 Å². The smallest absolute Gasteiger partial charge is 0.402 e. The molecule has 2 saturated heterocycles. The SMILES string of the molecule is COC12C(CO)C3=C(C(=O)C(C)=C(Nc4ccc(C)cc4)C3=O)N1CC1NC12.NC(=O)O. The molecule has 5 rings (SSSR count). The number of ketones is 2. The Hall–Kier alpha value is -3.21. The van der Waals surface area contributed by atoms with Gasteiger partial charge in [0.05, 0.1) is 30.0 Å². The van der Waals surface area contributed by atoms with Crippen molar-refractivity contribution in [1.82, 2.24) is 10.2 Å². The normalized spacial score (nSPS) is 29.9. The molecule has 4 unspecified atom stereocenters. The molecule has 10 heteroatoms. The molecule has 4 aliphatic rings. The van der Waals surface area contributed by atoms with Crippen LogP contribution < -0.4 is 16.4 Å². The number of fused-ring (bicyclic) bond motifs is 4. The lowest BCUT2D eigenvalue weighted by Crippen LogP contribution is -2.54. The van der Waals surface area contributed by atoms with Crippen LogP contribution in [0.15, 0.2) is 46.8 Å². The largest absolute Gasteiger partial charge is 0.465 e. The van der Waals surface area contributed by atoms with Crippen molar-refractivity contribution >= 4 is 23.3 Å². The van der Waals surface area contributed by atoms with Gasteiger partial charge >= 0.3 is 6.09 Å². The second-order valence-corrected chi connectivity index (χ2v) is 8.30. The molecule has 0 bridgehead atoms. The fourth-order valence-corrected chi connectivity index (χ4v) is 5.08. The monoisotopic (exact) mass is 442 g/mol. The van der Waals surface area contributed by atoms with Crippen molar-refractivity contribution in [1.29, 1.82) is 0 Å². The molecule has 1 aliphatic carbocycles. The number of carbonyl (C=O) groups is 3. The molecule has 1 aromatic carbocycles. The summed E-state index contributed by atoms with van der Waals surface area (Å²) in [6.45, 7) is 4.00. The van der Waals surface area contributed by atoms with Gasteiger partial charge in [0.15, 0.2) is 5.72 Å². The van der Waals surface area contributed by atoms with Crippen molar-refractivity contribution in [3.8, 4) is 0 Å². The number of nitrogens with two attached hydrogens (primary N) is 1. The number of primary amides is 1. The maximum Gasteiger partial charge on any atom is 0.402 e. The zero-order valence-corrected chi connectivity index (χ0v) is 18.0. The zero-order chi connectivity index (χ0) is 23.4. The number of hydrogen-bond acceptors (Lipinski definition) is 8. The van der Waals surface area contributed by atoms with Gasteiger partial charge in [-0.3, -0.25) is 9.59 Å². The molecule has 170 valence electrons. The minimum Gasteiger partial charge on any atom is -0.465 e. The van der Waals surface area contributed by atoms with E-state index < -0.39 is 17.7 Å². The Kier molecular flexibility index (Phi) is 5.32. The molecule has 0 radical (unpaired) electrons. The average Bonchev–Trinajstić information content (AvgIpc) is 3.36. The average molecular weight is 442 g/mol. The number of aliphatic hydroxyl groups is 1. The molecule has 3 aliphatic heterocycles. The van der Waals surface area contributed by atoms with E-state index in [0.717, 1.165) is 11.3 Å². The Bertz CT molecular complexity index is 1060. The lowest BCUT2D eigenvalue weighted by Gasteiger charge is -2.39. The summed E-state index contributed by atoms with van der Waals surface area (Å²) in [6.07, 6.45) is -1.33. The molecule has 1 amide bonds. The molecule has 1 aromatic rings. The highest BCUT2D eigenvalue weighted by Crippen LogP contribution is 2.55. The van der Waals surface area contributed by atoms with Crippen molar-refractivity contribution in [2.24, 2.45) is 11.7 Å². The predicted molar refractivity (Wildman–Crippen MR) is 114 cm³/mol. The van der Waals surface area contributed by atoms with Crippen molar-refractivity contribution in [2.75, 3.05) is 25.6 Å². The van der Waals surface area contributed by atoms with Gasteiger partial charge in [-0.05, 0) is 26.0 Å². The first-order valence-electron chi connectivity index (χ1n) is 10.2. The molecule has 6 N–H and O–H groups in total. The van der Waals surface area contributed by atoms with Gasteiger partial charge in [-0.2, -0.15) is 0 Å². The van der Waals surface area contributed by atoms with Crippen LogP contribution in [0.1, 0.15) is 12.5 Å². The summed E-state index contributed by atoms with van der Waals surface area (Å²) < 4.78 is 5.89. The van der Waals surface area contributed by atoms with Crippen LogP contribution >= 0.6 is 0 Å². The summed E-state index contributed by atoms with van der Waals surface area (Å²) in [5.41, 5.74) is 6.43. The Morgan fingerprint density at radius 1 is 1.28 bits per heavy atom. The van der Waals surface area contributed by atoms with Crippen LogP contribution in [-0.2, 0) is 14.3 Å². The number of aliphatic hydroxyl groups excluding tert-OH is 1. The lowest BCUT2D eigenvalue weighted by molar-refractivity contribution is -0.137. The maximum atomic E-state index is 13.5. The highest BCUT2D eigenvalue weighted by molar-refractivity contribution is 6.26. The van der Waals surface area contributed by atoms with E-state index in [4.69, 9.17) is 14.6 Å². The van der Waals surface area contributed by atoms with Gasteiger partial charge in [0, 0.05) is 36.5 Å². The van der Waals surface area contributed by atoms with Gasteiger partial charge in [-0.15, -0.1) is 0 Å². The van der Waals surface area contributed by atoms with E-state index in [2.05, 4.69) is 16.4 Å². The number of hydrogen-bond donors (Lipinski definition) is 5. The number of nitrogens with one attached hydrogen (secondary N) is 2. The first-order valence-corrected chi connectivity index (χ1v) is 10.2. The van der Waals surface area contributed by atoms with E-state index in [1.165, 1.54) is 0 Å². The second-order valence-electron chi connectivity index (χ2n) is 8.30. The summed E-state index contributed by atoms with van der Waals surface area (Å²) >= 11 is 0. The van der Waals surface area contributed by atoms with E-state index in [9.17, 15) is 14.7 Å². The highest BCUT2D eigenvalue weighted by Gasteiger charge is 2.72. The number of rotatable bonds is 4. The summed E-state index contributed by atoms with van der Waals surface area (Å²) in [6, 6.07) is 7.88. The van der Waals surface area contributed by atoms with E-state index >= 15 is 0 Å². The molecule has 0 saturated carbocycles. The van der Waals surface area contributed by atoms with Crippen molar-refractivity contribution < 1.29 is 29.3 Å².